The van der Waals surface area contributed by atoms with E-state index in [0.717, 1.165) is 6.42 Å². The lowest BCUT2D eigenvalue weighted by Crippen LogP contribution is -2.09. The Bertz CT molecular complexity index is 178. The third-order valence-electron chi connectivity index (χ3n) is 3.22. The van der Waals surface area contributed by atoms with Crippen molar-refractivity contribution in [2.75, 3.05) is 0 Å². The van der Waals surface area contributed by atoms with E-state index in [2.05, 4.69) is 6.92 Å². The second-order valence-corrected chi connectivity index (χ2v) is 5.67. The van der Waals surface area contributed by atoms with E-state index in [4.69, 9.17) is 11.6 Å². The Hall–Kier alpha value is -0.0400. The van der Waals surface area contributed by atoms with E-state index in [9.17, 15) is 4.79 Å². The third kappa shape index (κ3) is 12.2. The van der Waals surface area contributed by atoms with Gasteiger partial charge in [-0.15, -0.1) is 11.6 Å². The molecule has 0 saturated heterocycles. The Morgan fingerprint density at radius 2 is 1.29 bits per heavy atom. The van der Waals surface area contributed by atoms with Gasteiger partial charge in [0.05, 0.1) is 5.38 Å². The number of Topliss-reactive ketones (excluding diaryl/α,β-unsaturated/α-hetero) is 1. The van der Waals surface area contributed by atoms with Crippen LogP contribution in [0.15, 0.2) is 0 Å². The minimum atomic E-state index is -0.298. The van der Waals surface area contributed by atoms with Crippen LogP contribution in [-0.4, -0.2) is 11.2 Å². The highest BCUT2D eigenvalue weighted by molar-refractivity contribution is 6.30. The predicted molar refractivity (Wildman–Crippen MR) is 76.8 cm³/mol. The molecule has 0 spiro atoms. The van der Waals surface area contributed by atoms with Crippen LogP contribution in [0.4, 0.5) is 0 Å². The minimum absolute atomic E-state index is 0.200. The molecule has 0 saturated carbocycles. The molecular weight excluding hydrogens is 232 g/mol. The number of hydrogen-bond donors (Lipinski definition) is 0. The molecule has 0 aliphatic heterocycles. The lowest BCUT2D eigenvalue weighted by molar-refractivity contribution is -0.118. The fraction of sp³-hybridized carbons (Fsp3) is 0.933. The molecule has 0 amide bonds. The molecular formula is C15H29ClO. The van der Waals surface area contributed by atoms with E-state index < -0.39 is 0 Å². The highest BCUT2D eigenvalue weighted by Gasteiger charge is 2.07. The number of rotatable bonds is 12. The van der Waals surface area contributed by atoms with Crippen molar-refractivity contribution in [2.24, 2.45) is 0 Å². The Morgan fingerprint density at radius 1 is 0.882 bits per heavy atom. The summed E-state index contributed by atoms with van der Waals surface area (Å²) < 4.78 is 0. The molecule has 0 aromatic carbocycles. The number of alkyl halides is 1. The molecule has 2 heteroatoms. The summed E-state index contributed by atoms with van der Waals surface area (Å²) in [5.74, 6) is 0.200. The molecule has 0 N–H and O–H groups in total. The van der Waals surface area contributed by atoms with Crippen molar-refractivity contribution < 1.29 is 4.79 Å². The smallest absolute Gasteiger partial charge is 0.150 e. The zero-order valence-corrected chi connectivity index (χ0v) is 12.4. The van der Waals surface area contributed by atoms with Crippen LogP contribution in [0.25, 0.3) is 0 Å². The Labute approximate surface area is 112 Å². The second-order valence-electron chi connectivity index (χ2n) is 5.01. The van der Waals surface area contributed by atoms with Crippen molar-refractivity contribution in [3.63, 3.8) is 0 Å². The van der Waals surface area contributed by atoms with E-state index in [1.165, 1.54) is 57.8 Å². The standard InChI is InChI=1S/C15H29ClO/c1-3-4-5-6-7-8-9-10-11-12-13-15(17)14(2)16/h14H,3-13H2,1-2H3. The molecule has 0 aliphatic rings. The average molecular weight is 261 g/mol. The highest BCUT2D eigenvalue weighted by Crippen LogP contribution is 2.12. The van der Waals surface area contributed by atoms with Crippen LogP contribution in [0.3, 0.4) is 0 Å². The van der Waals surface area contributed by atoms with Gasteiger partial charge in [0.2, 0.25) is 0 Å². The van der Waals surface area contributed by atoms with Crippen molar-refractivity contribution in [1.29, 1.82) is 0 Å². The molecule has 0 aromatic rings. The molecule has 0 bridgehead atoms. The first-order chi connectivity index (χ1) is 8.18. The van der Waals surface area contributed by atoms with Gasteiger partial charge in [0.1, 0.15) is 5.78 Å². The van der Waals surface area contributed by atoms with E-state index >= 15 is 0 Å². The summed E-state index contributed by atoms with van der Waals surface area (Å²) >= 11 is 5.70. The maximum atomic E-state index is 11.2. The number of carbonyl (C=O) groups excluding carboxylic acids is 1. The summed E-state index contributed by atoms with van der Waals surface area (Å²) in [6, 6.07) is 0. The Morgan fingerprint density at radius 3 is 1.71 bits per heavy atom. The van der Waals surface area contributed by atoms with Gasteiger partial charge in [0.15, 0.2) is 0 Å². The first kappa shape index (κ1) is 17.0. The predicted octanol–water partition coefficient (Wildman–Crippen LogP) is 5.49. The van der Waals surface area contributed by atoms with E-state index in [0.29, 0.717) is 6.42 Å². The number of unbranched alkanes of at least 4 members (excludes halogenated alkanes) is 9. The summed E-state index contributed by atoms with van der Waals surface area (Å²) in [5, 5.41) is -0.298. The summed E-state index contributed by atoms with van der Waals surface area (Å²) in [6.07, 6.45) is 13.7. The van der Waals surface area contributed by atoms with Crippen molar-refractivity contribution in [1.82, 2.24) is 0 Å². The normalized spacial score (nSPS) is 12.6. The van der Waals surface area contributed by atoms with Crippen molar-refractivity contribution in [2.45, 2.75) is 89.9 Å². The maximum absolute atomic E-state index is 11.2. The zero-order chi connectivity index (χ0) is 12.9. The fourth-order valence-corrected chi connectivity index (χ4v) is 2.09. The highest BCUT2D eigenvalue weighted by atomic mass is 35.5. The van der Waals surface area contributed by atoms with E-state index in [-0.39, 0.29) is 11.2 Å². The van der Waals surface area contributed by atoms with E-state index in [1.54, 1.807) is 6.92 Å². The second kappa shape index (κ2) is 12.4. The number of ketones is 1. The summed E-state index contributed by atoms with van der Waals surface area (Å²) in [6.45, 7) is 4.02. The Kier molecular flexibility index (Phi) is 12.4. The molecule has 1 unspecified atom stereocenters. The SMILES string of the molecule is CCCCCCCCCCCCC(=O)C(C)Cl. The van der Waals surface area contributed by atoms with Gasteiger partial charge < -0.3 is 0 Å². The third-order valence-corrected chi connectivity index (χ3v) is 3.46. The first-order valence-corrected chi connectivity index (χ1v) is 7.79. The molecule has 17 heavy (non-hydrogen) atoms. The van der Waals surface area contributed by atoms with Crippen LogP contribution < -0.4 is 0 Å². The van der Waals surface area contributed by atoms with Crippen LogP contribution >= 0.6 is 11.6 Å². The molecule has 1 atom stereocenters. The van der Waals surface area contributed by atoms with Crippen LogP contribution in [-0.2, 0) is 4.79 Å². The fourth-order valence-electron chi connectivity index (χ4n) is 1.99. The summed E-state index contributed by atoms with van der Waals surface area (Å²) in [5.41, 5.74) is 0. The van der Waals surface area contributed by atoms with Gasteiger partial charge in [-0.1, -0.05) is 64.7 Å². The molecule has 1 nitrogen and oxygen atoms in total. The molecule has 0 radical (unpaired) electrons. The topological polar surface area (TPSA) is 17.1 Å². The minimum Gasteiger partial charge on any atom is -0.298 e. The van der Waals surface area contributed by atoms with Crippen LogP contribution in [0.5, 0.6) is 0 Å². The maximum Gasteiger partial charge on any atom is 0.150 e. The average Bonchev–Trinajstić information content (AvgIpc) is 2.31. The molecule has 0 aromatic heterocycles. The van der Waals surface area contributed by atoms with Gasteiger partial charge in [-0.3, -0.25) is 4.79 Å². The number of carbonyl (C=O) groups is 1. The zero-order valence-electron chi connectivity index (χ0n) is 11.6. The van der Waals surface area contributed by atoms with Crippen LogP contribution in [0.2, 0.25) is 0 Å². The first-order valence-electron chi connectivity index (χ1n) is 7.35. The molecule has 0 fully saturated rings. The quantitative estimate of drug-likeness (QED) is 0.335. The van der Waals surface area contributed by atoms with Crippen molar-refractivity contribution in [3.05, 3.63) is 0 Å². The van der Waals surface area contributed by atoms with Gasteiger partial charge in [0, 0.05) is 6.42 Å². The summed E-state index contributed by atoms with van der Waals surface area (Å²) in [4.78, 5) is 11.2. The monoisotopic (exact) mass is 260 g/mol. The molecule has 0 rings (SSSR count). The molecule has 102 valence electrons. The lowest BCUT2D eigenvalue weighted by Gasteiger charge is -2.03. The lowest BCUT2D eigenvalue weighted by atomic mass is 10.0. The Balaban J connectivity index is 3.06. The molecule has 0 aliphatic carbocycles. The number of hydrogen-bond acceptors (Lipinski definition) is 1. The van der Waals surface area contributed by atoms with Crippen molar-refractivity contribution in [3.8, 4) is 0 Å². The van der Waals surface area contributed by atoms with Gasteiger partial charge >= 0.3 is 0 Å². The van der Waals surface area contributed by atoms with Gasteiger partial charge in [0.25, 0.3) is 0 Å². The summed E-state index contributed by atoms with van der Waals surface area (Å²) in [7, 11) is 0. The van der Waals surface area contributed by atoms with E-state index in [1.807, 2.05) is 0 Å². The van der Waals surface area contributed by atoms with Gasteiger partial charge in [-0.2, -0.15) is 0 Å². The van der Waals surface area contributed by atoms with Crippen LogP contribution in [0, 0.1) is 0 Å². The largest absolute Gasteiger partial charge is 0.298 e. The van der Waals surface area contributed by atoms with Crippen LogP contribution in [0.1, 0.15) is 84.5 Å². The van der Waals surface area contributed by atoms with Crippen molar-refractivity contribution >= 4 is 17.4 Å². The van der Waals surface area contributed by atoms with Gasteiger partial charge in [-0.05, 0) is 13.3 Å². The van der Waals surface area contributed by atoms with Gasteiger partial charge in [-0.25, -0.2) is 0 Å². The number of halogens is 1. The molecule has 0 heterocycles.